The molecule has 0 saturated heterocycles. The van der Waals surface area contributed by atoms with Crippen LogP contribution in [0.1, 0.15) is 23.1 Å². The zero-order chi connectivity index (χ0) is 14.9. The van der Waals surface area contributed by atoms with E-state index >= 15 is 0 Å². The molecule has 22 heavy (non-hydrogen) atoms. The first-order valence-corrected chi connectivity index (χ1v) is 7.93. The standard InChI is InChI=1S/C19H19NO2/c21-19(16-10-15-4-1-2-7-18(15)22-12-16)20-17-9-8-13-5-3-6-14(13)11-17/h1-2,4,7-9,11,16H,3,5-6,10,12H2,(H,20,21)/t16-/m0/s1. The molecule has 4 rings (SSSR count). The third-order valence-electron chi connectivity index (χ3n) is 4.62. The molecule has 0 spiro atoms. The van der Waals surface area contributed by atoms with Crippen LogP contribution < -0.4 is 10.1 Å². The fourth-order valence-corrected chi connectivity index (χ4v) is 3.39. The highest BCUT2D eigenvalue weighted by Crippen LogP contribution is 2.28. The molecule has 1 aliphatic heterocycles. The van der Waals surface area contributed by atoms with Gasteiger partial charge < -0.3 is 10.1 Å². The Morgan fingerprint density at radius 2 is 1.91 bits per heavy atom. The molecule has 1 N–H and O–H groups in total. The van der Waals surface area contributed by atoms with E-state index in [1.54, 1.807) is 0 Å². The molecule has 0 aromatic heterocycles. The molecule has 2 aliphatic rings. The molecule has 0 unspecified atom stereocenters. The number of carbonyl (C=O) groups excluding carboxylic acids is 1. The van der Waals surface area contributed by atoms with E-state index in [1.165, 1.54) is 17.5 Å². The van der Waals surface area contributed by atoms with Crippen molar-refractivity contribution in [2.75, 3.05) is 11.9 Å². The first kappa shape index (κ1) is 13.4. The van der Waals surface area contributed by atoms with Crippen molar-refractivity contribution in [3.8, 4) is 5.75 Å². The van der Waals surface area contributed by atoms with E-state index in [0.29, 0.717) is 6.61 Å². The number of amides is 1. The molecule has 2 aromatic carbocycles. The van der Waals surface area contributed by atoms with E-state index in [1.807, 2.05) is 30.3 Å². The number of ether oxygens (including phenoxy) is 1. The van der Waals surface area contributed by atoms with Crippen molar-refractivity contribution < 1.29 is 9.53 Å². The maximum atomic E-state index is 12.5. The summed E-state index contributed by atoms with van der Waals surface area (Å²) >= 11 is 0. The molecular weight excluding hydrogens is 274 g/mol. The molecule has 0 fully saturated rings. The van der Waals surface area contributed by atoms with E-state index in [9.17, 15) is 4.79 Å². The highest BCUT2D eigenvalue weighted by Gasteiger charge is 2.26. The first-order chi connectivity index (χ1) is 10.8. The fraction of sp³-hybridized carbons (Fsp3) is 0.316. The van der Waals surface area contributed by atoms with Gasteiger partial charge in [-0.05, 0) is 60.6 Å². The molecule has 2 aromatic rings. The Balaban J connectivity index is 1.47. The van der Waals surface area contributed by atoms with Crippen LogP contribution >= 0.6 is 0 Å². The number of rotatable bonds is 2. The number of hydrogen-bond acceptors (Lipinski definition) is 2. The Bertz CT molecular complexity index is 723. The molecule has 3 nitrogen and oxygen atoms in total. The van der Waals surface area contributed by atoms with E-state index in [2.05, 4.69) is 17.4 Å². The predicted molar refractivity (Wildman–Crippen MR) is 86.2 cm³/mol. The highest BCUT2D eigenvalue weighted by atomic mass is 16.5. The summed E-state index contributed by atoms with van der Waals surface area (Å²) < 4.78 is 5.71. The molecule has 0 saturated carbocycles. The minimum atomic E-state index is -0.122. The van der Waals surface area contributed by atoms with Gasteiger partial charge in [0, 0.05) is 5.69 Å². The minimum absolute atomic E-state index is 0.0486. The van der Waals surface area contributed by atoms with Crippen LogP contribution in [0, 0.1) is 5.92 Å². The molecule has 0 radical (unpaired) electrons. The van der Waals surface area contributed by atoms with Gasteiger partial charge in [0.2, 0.25) is 5.91 Å². The normalized spacial score (nSPS) is 19.0. The Kier molecular flexibility index (Phi) is 3.34. The predicted octanol–water partition coefficient (Wildman–Crippen LogP) is 3.37. The van der Waals surface area contributed by atoms with Crippen molar-refractivity contribution in [1.82, 2.24) is 0 Å². The largest absolute Gasteiger partial charge is 0.492 e. The first-order valence-electron chi connectivity index (χ1n) is 7.93. The number of para-hydroxylation sites is 1. The van der Waals surface area contributed by atoms with Gasteiger partial charge in [0.05, 0.1) is 5.92 Å². The molecule has 0 bridgehead atoms. The molecule has 1 amide bonds. The zero-order valence-electron chi connectivity index (χ0n) is 12.5. The summed E-state index contributed by atoms with van der Waals surface area (Å²) in [4.78, 5) is 12.5. The van der Waals surface area contributed by atoms with Crippen molar-refractivity contribution in [1.29, 1.82) is 0 Å². The third-order valence-corrected chi connectivity index (χ3v) is 4.62. The van der Waals surface area contributed by atoms with Crippen LogP contribution in [0.5, 0.6) is 5.75 Å². The zero-order valence-corrected chi connectivity index (χ0v) is 12.5. The van der Waals surface area contributed by atoms with Gasteiger partial charge in [-0.25, -0.2) is 0 Å². The van der Waals surface area contributed by atoms with Crippen LogP contribution in [-0.2, 0) is 24.1 Å². The number of nitrogens with one attached hydrogen (secondary N) is 1. The lowest BCUT2D eigenvalue weighted by molar-refractivity contribution is -0.121. The van der Waals surface area contributed by atoms with E-state index in [0.717, 1.165) is 36.3 Å². The SMILES string of the molecule is O=C(Nc1ccc2c(c1)CCC2)[C@@H]1COc2ccccc2C1. The lowest BCUT2D eigenvalue weighted by atomic mass is 9.96. The van der Waals surface area contributed by atoms with Crippen LogP contribution in [0.25, 0.3) is 0 Å². The van der Waals surface area contributed by atoms with E-state index in [-0.39, 0.29) is 11.8 Å². The van der Waals surface area contributed by atoms with Crippen LogP contribution in [-0.4, -0.2) is 12.5 Å². The number of benzene rings is 2. The van der Waals surface area contributed by atoms with Gasteiger partial charge in [-0.2, -0.15) is 0 Å². The molecule has 3 heteroatoms. The Morgan fingerprint density at radius 3 is 2.86 bits per heavy atom. The van der Waals surface area contributed by atoms with Gasteiger partial charge in [-0.1, -0.05) is 24.3 Å². The van der Waals surface area contributed by atoms with Crippen molar-refractivity contribution in [2.24, 2.45) is 5.92 Å². The molecule has 1 heterocycles. The Labute approximate surface area is 130 Å². The Hall–Kier alpha value is -2.29. The van der Waals surface area contributed by atoms with Crippen molar-refractivity contribution in [3.05, 3.63) is 59.2 Å². The average Bonchev–Trinajstić information content (AvgIpc) is 3.02. The van der Waals surface area contributed by atoms with Gasteiger partial charge in [-0.15, -0.1) is 0 Å². The lowest BCUT2D eigenvalue weighted by Gasteiger charge is -2.24. The summed E-state index contributed by atoms with van der Waals surface area (Å²) in [5.74, 6) is 0.833. The van der Waals surface area contributed by atoms with Crippen LogP contribution in [0.2, 0.25) is 0 Å². The summed E-state index contributed by atoms with van der Waals surface area (Å²) in [5.41, 5.74) is 4.82. The van der Waals surface area contributed by atoms with Gasteiger partial charge in [0.1, 0.15) is 12.4 Å². The highest BCUT2D eigenvalue weighted by molar-refractivity contribution is 5.93. The summed E-state index contributed by atoms with van der Waals surface area (Å²) in [6, 6.07) is 14.2. The van der Waals surface area contributed by atoms with Gasteiger partial charge >= 0.3 is 0 Å². The smallest absolute Gasteiger partial charge is 0.231 e. The fourth-order valence-electron chi connectivity index (χ4n) is 3.39. The van der Waals surface area contributed by atoms with Crippen LogP contribution in [0.15, 0.2) is 42.5 Å². The van der Waals surface area contributed by atoms with Crippen molar-refractivity contribution in [3.63, 3.8) is 0 Å². The molecule has 1 atom stereocenters. The monoisotopic (exact) mass is 293 g/mol. The maximum absolute atomic E-state index is 12.5. The van der Waals surface area contributed by atoms with Crippen LogP contribution in [0.3, 0.4) is 0 Å². The quantitative estimate of drug-likeness (QED) is 0.922. The molecule has 112 valence electrons. The number of hydrogen-bond donors (Lipinski definition) is 1. The summed E-state index contributed by atoms with van der Waals surface area (Å²) in [6.07, 6.45) is 4.25. The van der Waals surface area contributed by atoms with Gasteiger partial charge in [0.25, 0.3) is 0 Å². The second-order valence-electron chi connectivity index (χ2n) is 6.15. The van der Waals surface area contributed by atoms with E-state index in [4.69, 9.17) is 4.74 Å². The second kappa shape index (κ2) is 5.48. The van der Waals surface area contributed by atoms with E-state index < -0.39 is 0 Å². The topological polar surface area (TPSA) is 38.3 Å². The molecule has 1 aliphatic carbocycles. The average molecular weight is 293 g/mol. The number of aryl methyl sites for hydroxylation is 2. The number of fused-ring (bicyclic) bond motifs is 2. The number of carbonyl (C=O) groups is 1. The maximum Gasteiger partial charge on any atom is 0.231 e. The Morgan fingerprint density at radius 1 is 1.05 bits per heavy atom. The lowest BCUT2D eigenvalue weighted by Crippen LogP contribution is -2.32. The summed E-state index contributed by atoms with van der Waals surface area (Å²) in [6.45, 7) is 0.452. The minimum Gasteiger partial charge on any atom is -0.492 e. The van der Waals surface area contributed by atoms with Gasteiger partial charge in [-0.3, -0.25) is 4.79 Å². The third kappa shape index (κ3) is 2.47. The summed E-state index contributed by atoms with van der Waals surface area (Å²) in [5, 5.41) is 3.05. The van der Waals surface area contributed by atoms with Crippen molar-refractivity contribution >= 4 is 11.6 Å². The summed E-state index contributed by atoms with van der Waals surface area (Å²) in [7, 11) is 0. The molecular formula is C19H19NO2. The second-order valence-corrected chi connectivity index (χ2v) is 6.15. The van der Waals surface area contributed by atoms with Gasteiger partial charge in [0.15, 0.2) is 0 Å². The number of anilines is 1. The van der Waals surface area contributed by atoms with Crippen molar-refractivity contribution in [2.45, 2.75) is 25.7 Å². The van der Waals surface area contributed by atoms with Crippen LogP contribution in [0.4, 0.5) is 5.69 Å².